The molecule has 1 aromatic carbocycles. The van der Waals surface area contributed by atoms with E-state index in [1.807, 2.05) is 6.92 Å². The molecule has 1 aliphatic carbocycles. The van der Waals surface area contributed by atoms with E-state index in [4.69, 9.17) is 4.74 Å². The van der Waals surface area contributed by atoms with Gasteiger partial charge >= 0.3 is 5.97 Å². The fourth-order valence-electron chi connectivity index (χ4n) is 4.18. The van der Waals surface area contributed by atoms with Crippen molar-refractivity contribution in [3.63, 3.8) is 0 Å². The number of aromatic amines is 1. The minimum Gasteiger partial charge on any atom is -0.490 e. The number of carbonyl (C=O) groups is 1. The average Bonchev–Trinajstić information content (AvgIpc) is 3.60. The summed E-state index contributed by atoms with van der Waals surface area (Å²) >= 11 is 0. The molecule has 3 N–H and O–H groups in total. The Bertz CT molecular complexity index is 1270. The number of benzene rings is 1. The molecule has 2 heterocycles. The van der Waals surface area contributed by atoms with Crippen molar-refractivity contribution < 1.29 is 24.1 Å². The smallest absolute Gasteiger partial charge is 0.352 e. The predicted molar refractivity (Wildman–Crippen MR) is 129 cm³/mol. The van der Waals surface area contributed by atoms with Crippen LogP contribution < -0.4 is 10.3 Å². The largest absolute Gasteiger partial charge is 0.490 e. The summed E-state index contributed by atoms with van der Waals surface area (Å²) in [7, 11) is 0. The number of nitrogens with zero attached hydrogens (tertiary/aromatic N) is 3. The van der Waals surface area contributed by atoms with Gasteiger partial charge in [-0.15, -0.1) is 5.10 Å². The van der Waals surface area contributed by atoms with Gasteiger partial charge in [-0.2, -0.15) is 0 Å². The molecule has 1 fully saturated rings. The standard InChI is InChI=1S/C26H31FN4O5/c1-2-26(35,19-10-11-21(27)22(13-19)36-15-17-7-8-17)16-31-20(14-28-30-31)6-4-3-5-18-9-12-23(32)29-24(18)25(33)34/h9-14,17,35H,2-8,15-16H2,1H3,(H,29,32)(H,33,34). The van der Waals surface area contributed by atoms with Crippen molar-refractivity contribution in [2.45, 2.75) is 64.0 Å². The fourth-order valence-corrected chi connectivity index (χ4v) is 4.18. The Balaban J connectivity index is 1.39. The number of rotatable bonds is 13. The molecule has 3 aromatic rings. The summed E-state index contributed by atoms with van der Waals surface area (Å²) in [5.74, 6) is -0.984. The third-order valence-corrected chi connectivity index (χ3v) is 6.68. The lowest BCUT2D eigenvalue weighted by atomic mass is 9.90. The summed E-state index contributed by atoms with van der Waals surface area (Å²) in [6.45, 7) is 2.48. The van der Waals surface area contributed by atoms with Crippen LogP contribution in [0.25, 0.3) is 0 Å². The average molecular weight is 499 g/mol. The number of H-pyrrole nitrogens is 1. The van der Waals surface area contributed by atoms with Crippen molar-refractivity contribution in [3.05, 3.63) is 75.2 Å². The van der Waals surface area contributed by atoms with Crippen LogP contribution in [0.5, 0.6) is 5.75 Å². The van der Waals surface area contributed by atoms with Crippen LogP contribution >= 0.6 is 0 Å². The number of hydrogen-bond donors (Lipinski definition) is 3. The Morgan fingerprint density at radius 1 is 1.25 bits per heavy atom. The Kier molecular flexibility index (Phi) is 7.83. The summed E-state index contributed by atoms with van der Waals surface area (Å²) in [6.07, 6.45) is 6.76. The first-order valence-corrected chi connectivity index (χ1v) is 12.3. The highest BCUT2D eigenvalue weighted by Gasteiger charge is 2.31. The van der Waals surface area contributed by atoms with Crippen LogP contribution in [0.1, 0.15) is 66.3 Å². The van der Waals surface area contributed by atoms with E-state index in [0.29, 0.717) is 49.3 Å². The first-order chi connectivity index (χ1) is 17.3. The lowest BCUT2D eigenvalue weighted by Crippen LogP contribution is -2.32. The van der Waals surface area contributed by atoms with Gasteiger partial charge in [-0.1, -0.05) is 24.3 Å². The van der Waals surface area contributed by atoms with Crippen molar-refractivity contribution in [2.75, 3.05) is 6.61 Å². The van der Waals surface area contributed by atoms with Gasteiger partial charge < -0.3 is 19.9 Å². The molecule has 9 nitrogen and oxygen atoms in total. The van der Waals surface area contributed by atoms with Crippen molar-refractivity contribution >= 4 is 5.97 Å². The Morgan fingerprint density at radius 3 is 2.75 bits per heavy atom. The van der Waals surface area contributed by atoms with Crippen LogP contribution in [0, 0.1) is 11.7 Å². The maximum Gasteiger partial charge on any atom is 0.352 e. The number of aromatic carboxylic acids is 1. The van der Waals surface area contributed by atoms with E-state index in [2.05, 4.69) is 15.3 Å². The monoisotopic (exact) mass is 498 g/mol. The van der Waals surface area contributed by atoms with Crippen LogP contribution in [-0.2, 0) is 25.0 Å². The molecule has 1 atom stereocenters. The molecule has 4 rings (SSSR count). The van der Waals surface area contributed by atoms with Crippen LogP contribution in [0.4, 0.5) is 4.39 Å². The molecule has 36 heavy (non-hydrogen) atoms. The van der Waals surface area contributed by atoms with E-state index < -0.39 is 22.9 Å². The van der Waals surface area contributed by atoms with E-state index >= 15 is 0 Å². The SMILES string of the molecule is CCC(O)(Cn1nncc1CCCCc1ccc(=O)[nH]c1C(=O)O)c1ccc(F)c(OCC2CC2)c1. The van der Waals surface area contributed by atoms with Gasteiger partial charge in [0.1, 0.15) is 11.3 Å². The lowest BCUT2D eigenvalue weighted by molar-refractivity contribution is 0.00940. The number of aliphatic hydroxyl groups is 1. The zero-order chi connectivity index (χ0) is 25.7. The highest BCUT2D eigenvalue weighted by molar-refractivity contribution is 5.86. The number of carboxylic acids is 1. The summed E-state index contributed by atoms with van der Waals surface area (Å²) in [5, 5.41) is 28.9. The Labute approximate surface area is 207 Å². The second-order valence-corrected chi connectivity index (χ2v) is 9.40. The molecular formula is C26H31FN4O5. The fraction of sp³-hybridized carbons (Fsp3) is 0.462. The van der Waals surface area contributed by atoms with Crippen molar-refractivity contribution in [1.82, 2.24) is 20.0 Å². The molecule has 1 unspecified atom stereocenters. The van der Waals surface area contributed by atoms with E-state index in [9.17, 15) is 24.2 Å². The highest BCUT2D eigenvalue weighted by Crippen LogP contribution is 2.33. The number of carboxylic acid groups (broad SMARTS) is 1. The van der Waals surface area contributed by atoms with E-state index in [1.54, 1.807) is 29.1 Å². The van der Waals surface area contributed by atoms with Gasteiger partial charge in [0.2, 0.25) is 5.56 Å². The molecule has 1 saturated carbocycles. The highest BCUT2D eigenvalue weighted by atomic mass is 19.1. The first-order valence-electron chi connectivity index (χ1n) is 12.3. The lowest BCUT2D eigenvalue weighted by Gasteiger charge is -2.28. The molecule has 0 radical (unpaired) electrons. The zero-order valence-corrected chi connectivity index (χ0v) is 20.2. The first kappa shape index (κ1) is 25.6. The van der Waals surface area contributed by atoms with Crippen molar-refractivity contribution in [3.8, 4) is 5.75 Å². The Morgan fingerprint density at radius 2 is 2.03 bits per heavy atom. The van der Waals surface area contributed by atoms with Gasteiger partial charge in [-0.25, -0.2) is 13.9 Å². The number of aryl methyl sites for hydroxylation is 2. The molecular weight excluding hydrogens is 467 g/mol. The van der Waals surface area contributed by atoms with Gasteiger partial charge in [-0.05, 0) is 74.1 Å². The van der Waals surface area contributed by atoms with Crippen LogP contribution in [0.15, 0.2) is 41.3 Å². The molecule has 0 amide bonds. The number of ether oxygens (including phenoxy) is 1. The number of halogens is 1. The third kappa shape index (κ3) is 6.17. The summed E-state index contributed by atoms with van der Waals surface area (Å²) in [5.41, 5.74) is 0.136. The van der Waals surface area contributed by atoms with Gasteiger partial charge in [0.25, 0.3) is 0 Å². The molecule has 10 heteroatoms. The van der Waals surface area contributed by atoms with E-state index in [0.717, 1.165) is 25.0 Å². The summed E-state index contributed by atoms with van der Waals surface area (Å²) in [4.78, 5) is 25.2. The molecule has 1 aliphatic rings. The van der Waals surface area contributed by atoms with Gasteiger partial charge in [0, 0.05) is 6.07 Å². The van der Waals surface area contributed by atoms with Crippen LogP contribution in [0.3, 0.4) is 0 Å². The molecule has 0 bridgehead atoms. The topological polar surface area (TPSA) is 130 Å². The molecule has 0 saturated heterocycles. The number of pyridine rings is 1. The summed E-state index contributed by atoms with van der Waals surface area (Å²) < 4.78 is 21.6. The minimum absolute atomic E-state index is 0.0815. The third-order valence-electron chi connectivity index (χ3n) is 6.68. The van der Waals surface area contributed by atoms with Gasteiger partial charge in [0.15, 0.2) is 11.6 Å². The molecule has 0 spiro atoms. The van der Waals surface area contributed by atoms with E-state index in [1.165, 1.54) is 12.1 Å². The number of hydrogen-bond acceptors (Lipinski definition) is 6. The molecule has 2 aromatic heterocycles. The predicted octanol–water partition coefficient (Wildman–Crippen LogP) is 3.46. The Hall–Kier alpha value is -3.53. The molecule has 192 valence electrons. The van der Waals surface area contributed by atoms with Crippen molar-refractivity contribution in [2.24, 2.45) is 5.92 Å². The maximum atomic E-state index is 14.3. The minimum atomic E-state index is -1.29. The quantitative estimate of drug-likeness (QED) is 0.308. The second kappa shape index (κ2) is 11.0. The maximum absolute atomic E-state index is 14.3. The number of aromatic nitrogens is 4. The van der Waals surface area contributed by atoms with Crippen molar-refractivity contribution in [1.29, 1.82) is 0 Å². The van der Waals surface area contributed by atoms with E-state index in [-0.39, 0.29) is 18.0 Å². The van der Waals surface area contributed by atoms with Gasteiger partial charge in [-0.3, -0.25) is 4.79 Å². The number of nitrogens with one attached hydrogen (secondary N) is 1. The summed E-state index contributed by atoms with van der Waals surface area (Å²) in [6, 6.07) is 7.33. The number of unbranched alkanes of at least 4 members (excludes halogenated alkanes) is 1. The second-order valence-electron chi connectivity index (χ2n) is 9.40. The molecule has 0 aliphatic heterocycles. The zero-order valence-electron chi connectivity index (χ0n) is 20.2. The van der Waals surface area contributed by atoms with Crippen LogP contribution in [0.2, 0.25) is 0 Å². The van der Waals surface area contributed by atoms with Gasteiger partial charge in [0.05, 0.1) is 25.0 Å². The van der Waals surface area contributed by atoms with Crippen LogP contribution in [-0.4, -0.2) is 42.8 Å². The normalized spacial score (nSPS) is 15.0.